The molecular weight excluding hydrogens is 368 g/mol. The van der Waals surface area contributed by atoms with E-state index in [1.807, 2.05) is 0 Å². The van der Waals surface area contributed by atoms with Crippen molar-refractivity contribution < 1.29 is 9.47 Å². The van der Waals surface area contributed by atoms with Gasteiger partial charge in [0.1, 0.15) is 0 Å². The molecule has 2 aromatic rings. The smallest absolute Gasteiger partial charge is 0.0537 e. The standard InChI is InChI=1S/C28H42O2/c1-23(2)27(25-15-9-7-10-16-25)21-29-19-13-5-6-14-20-30-22-28(24(3)4)26-17-11-8-12-18-26/h7-12,15-18,23-24,27-28H,5-6,13-14,19-22H2,1-4H3/t27-,28-/m0/s1. The topological polar surface area (TPSA) is 18.5 Å². The van der Waals surface area contributed by atoms with E-state index in [-0.39, 0.29) is 0 Å². The van der Waals surface area contributed by atoms with E-state index in [0.717, 1.165) is 39.3 Å². The summed E-state index contributed by atoms with van der Waals surface area (Å²) in [4.78, 5) is 0. The highest BCUT2D eigenvalue weighted by Crippen LogP contribution is 2.25. The maximum atomic E-state index is 6.01. The Kier molecular flexibility index (Phi) is 11.8. The molecule has 0 bridgehead atoms. The van der Waals surface area contributed by atoms with Crippen LogP contribution in [0.2, 0.25) is 0 Å². The van der Waals surface area contributed by atoms with E-state index in [2.05, 4.69) is 88.4 Å². The van der Waals surface area contributed by atoms with Gasteiger partial charge in [-0.25, -0.2) is 0 Å². The van der Waals surface area contributed by atoms with E-state index < -0.39 is 0 Å². The molecule has 0 aromatic heterocycles. The Morgan fingerprint density at radius 2 is 0.900 bits per heavy atom. The summed E-state index contributed by atoms with van der Waals surface area (Å²) >= 11 is 0. The molecular formula is C28H42O2. The van der Waals surface area contributed by atoms with Crippen molar-refractivity contribution in [1.82, 2.24) is 0 Å². The molecule has 0 aliphatic rings. The highest BCUT2D eigenvalue weighted by atomic mass is 16.5. The number of ether oxygens (including phenoxy) is 2. The lowest BCUT2D eigenvalue weighted by atomic mass is 9.89. The van der Waals surface area contributed by atoms with Gasteiger partial charge in [-0.05, 0) is 35.8 Å². The Morgan fingerprint density at radius 3 is 1.23 bits per heavy atom. The highest BCUT2D eigenvalue weighted by molar-refractivity contribution is 5.20. The quantitative estimate of drug-likeness (QED) is 0.284. The summed E-state index contributed by atoms with van der Waals surface area (Å²) in [5.74, 6) is 2.15. The number of hydrogen-bond acceptors (Lipinski definition) is 2. The van der Waals surface area contributed by atoms with Crippen molar-refractivity contribution >= 4 is 0 Å². The van der Waals surface area contributed by atoms with Crippen LogP contribution in [0, 0.1) is 11.8 Å². The molecule has 0 heterocycles. The minimum absolute atomic E-state index is 0.484. The third kappa shape index (κ3) is 9.02. The Morgan fingerprint density at radius 1 is 0.533 bits per heavy atom. The van der Waals surface area contributed by atoms with Crippen molar-refractivity contribution in [3.05, 3.63) is 71.8 Å². The lowest BCUT2D eigenvalue weighted by Gasteiger charge is -2.21. The van der Waals surface area contributed by atoms with Crippen molar-refractivity contribution in [2.45, 2.75) is 65.2 Å². The molecule has 166 valence electrons. The minimum atomic E-state index is 0.484. The van der Waals surface area contributed by atoms with Crippen LogP contribution in [-0.2, 0) is 9.47 Å². The summed E-state index contributed by atoms with van der Waals surface area (Å²) in [6, 6.07) is 21.5. The zero-order valence-corrected chi connectivity index (χ0v) is 19.6. The first-order chi connectivity index (χ1) is 14.6. The molecule has 0 amide bonds. The van der Waals surface area contributed by atoms with Gasteiger partial charge in [0.05, 0.1) is 13.2 Å². The van der Waals surface area contributed by atoms with Crippen LogP contribution in [0.4, 0.5) is 0 Å². The van der Waals surface area contributed by atoms with E-state index in [4.69, 9.17) is 9.47 Å². The molecule has 2 nitrogen and oxygen atoms in total. The SMILES string of the molecule is CC(C)[C@H](COCCCCCCOC[C@H](c1ccccc1)C(C)C)c1ccccc1. The van der Waals surface area contributed by atoms with Gasteiger partial charge in [-0.3, -0.25) is 0 Å². The molecule has 0 spiro atoms. The van der Waals surface area contributed by atoms with Crippen molar-refractivity contribution in [3.8, 4) is 0 Å². The molecule has 0 aliphatic carbocycles. The van der Waals surface area contributed by atoms with Crippen molar-refractivity contribution in [1.29, 1.82) is 0 Å². The van der Waals surface area contributed by atoms with Crippen molar-refractivity contribution in [3.63, 3.8) is 0 Å². The average molecular weight is 411 g/mol. The molecule has 2 rings (SSSR count). The lowest BCUT2D eigenvalue weighted by Crippen LogP contribution is -2.15. The van der Waals surface area contributed by atoms with Crippen LogP contribution in [0.3, 0.4) is 0 Å². The zero-order valence-electron chi connectivity index (χ0n) is 19.6. The molecule has 2 atom stereocenters. The molecule has 0 radical (unpaired) electrons. The van der Waals surface area contributed by atoms with E-state index in [1.54, 1.807) is 0 Å². The predicted octanol–water partition coefficient (Wildman–Crippen LogP) is 7.46. The van der Waals surface area contributed by atoms with Gasteiger partial charge >= 0.3 is 0 Å². The van der Waals surface area contributed by atoms with Crippen molar-refractivity contribution in [2.24, 2.45) is 11.8 Å². The summed E-state index contributed by atoms with van der Waals surface area (Å²) in [6.07, 6.45) is 4.71. The lowest BCUT2D eigenvalue weighted by molar-refractivity contribution is 0.0974. The maximum absolute atomic E-state index is 6.01. The van der Waals surface area contributed by atoms with Crippen LogP contribution in [0.25, 0.3) is 0 Å². The van der Waals surface area contributed by atoms with E-state index in [0.29, 0.717) is 23.7 Å². The second-order valence-corrected chi connectivity index (χ2v) is 9.09. The first-order valence-corrected chi connectivity index (χ1v) is 11.8. The molecule has 0 unspecified atom stereocenters. The Hall–Kier alpha value is -1.64. The summed E-state index contributed by atoms with van der Waals surface area (Å²) in [5.41, 5.74) is 2.78. The Labute approximate surface area is 185 Å². The van der Waals surface area contributed by atoms with Crippen LogP contribution in [0.1, 0.15) is 76.3 Å². The first-order valence-electron chi connectivity index (χ1n) is 11.8. The second-order valence-electron chi connectivity index (χ2n) is 9.09. The minimum Gasteiger partial charge on any atom is -0.381 e. The number of unbranched alkanes of at least 4 members (excludes halogenated alkanes) is 3. The molecule has 0 N–H and O–H groups in total. The third-order valence-corrected chi connectivity index (χ3v) is 5.99. The van der Waals surface area contributed by atoms with Gasteiger partial charge in [-0.2, -0.15) is 0 Å². The normalized spacial score (nSPS) is 13.7. The fraction of sp³-hybridized carbons (Fsp3) is 0.571. The van der Waals surface area contributed by atoms with E-state index in [1.165, 1.54) is 24.0 Å². The van der Waals surface area contributed by atoms with Gasteiger partial charge < -0.3 is 9.47 Å². The monoisotopic (exact) mass is 410 g/mol. The summed E-state index contributed by atoms with van der Waals surface area (Å²) in [5, 5.41) is 0. The van der Waals surface area contributed by atoms with Crippen LogP contribution >= 0.6 is 0 Å². The molecule has 0 aliphatic heterocycles. The summed E-state index contributed by atoms with van der Waals surface area (Å²) in [6.45, 7) is 12.5. The molecule has 0 saturated carbocycles. The van der Waals surface area contributed by atoms with Gasteiger partial charge in [0.15, 0.2) is 0 Å². The van der Waals surface area contributed by atoms with Gasteiger partial charge in [-0.15, -0.1) is 0 Å². The molecule has 0 fully saturated rings. The van der Waals surface area contributed by atoms with Gasteiger partial charge in [0, 0.05) is 25.0 Å². The summed E-state index contributed by atoms with van der Waals surface area (Å²) in [7, 11) is 0. The number of benzene rings is 2. The fourth-order valence-electron chi connectivity index (χ4n) is 3.93. The summed E-state index contributed by atoms with van der Waals surface area (Å²) < 4.78 is 12.0. The van der Waals surface area contributed by atoms with Crippen LogP contribution in [0.5, 0.6) is 0 Å². The van der Waals surface area contributed by atoms with Gasteiger partial charge in [-0.1, -0.05) is 101 Å². The Bertz CT molecular complexity index is 591. The van der Waals surface area contributed by atoms with Crippen molar-refractivity contribution in [2.75, 3.05) is 26.4 Å². The zero-order chi connectivity index (χ0) is 21.6. The third-order valence-electron chi connectivity index (χ3n) is 5.99. The number of rotatable bonds is 15. The van der Waals surface area contributed by atoms with E-state index in [9.17, 15) is 0 Å². The Balaban J connectivity index is 1.53. The second kappa shape index (κ2) is 14.4. The number of hydrogen-bond donors (Lipinski definition) is 0. The average Bonchev–Trinajstić information content (AvgIpc) is 2.75. The molecule has 2 heteroatoms. The van der Waals surface area contributed by atoms with Gasteiger partial charge in [0.25, 0.3) is 0 Å². The van der Waals surface area contributed by atoms with Crippen LogP contribution in [0.15, 0.2) is 60.7 Å². The van der Waals surface area contributed by atoms with Gasteiger partial charge in [0.2, 0.25) is 0 Å². The largest absolute Gasteiger partial charge is 0.381 e. The van der Waals surface area contributed by atoms with Crippen LogP contribution < -0.4 is 0 Å². The maximum Gasteiger partial charge on any atom is 0.0537 e. The van der Waals surface area contributed by atoms with Crippen LogP contribution in [-0.4, -0.2) is 26.4 Å². The fourth-order valence-corrected chi connectivity index (χ4v) is 3.93. The van der Waals surface area contributed by atoms with E-state index >= 15 is 0 Å². The molecule has 30 heavy (non-hydrogen) atoms. The molecule has 2 aromatic carbocycles. The highest BCUT2D eigenvalue weighted by Gasteiger charge is 2.16. The predicted molar refractivity (Wildman–Crippen MR) is 128 cm³/mol. The first kappa shape index (κ1) is 24.6. The molecule has 0 saturated heterocycles.